The van der Waals surface area contributed by atoms with Gasteiger partial charge in [0.25, 0.3) is 0 Å². The average Bonchev–Trinajstić information content (AvgIpc) is 2.11. The van der Waals surface area contributed by atoms with Crippen LogP contribution in [0, 0.1) is 0 Å². The molecule has 72 valence electrons. The summed E-state index contributed by atoms with van der Waals surface area (Å²) in [4.78, 5) is 11.3. The molecule has 0 unspecified atom stereocenters. The lowest BCUT2D eigenvalue weighted by molar-refractivity contribution is 0.414. The van der Waals surface area contributed by atoms with Crippen molar-refractivity contribution in [2.45, 2.75) is 33.1 Å². The molecule has 0 saturated carbocycles. The van der Waals surface area contributed by atoms with Gasteiger partial charge in [-0.15, -0.1) is 0 Å². The Morgan fingerprint density at radius 1 is 1.46 bits per heavy atom. The molecular weight excluding hydrogens is 168 g/mol. The molecule has 0 atom stereocenters. The summed E-state index contributed by atoms with van der Waals surface area (Å²) in [6.07, 6.45) is 2.01. The number of hydrogen-bond donors (Lipinski definition) is 1. The highest BCUT2D eigenvalue weighted by atomic mass is 16.4. The van der Waals surface area contributed by atoms with Crippen LogP contribution in [0.25, 0.3) is 0 Å². The van der Waals surface area contributed by atoms with E-state index in [1.165, 1.54) is 6.07 Å². The van der Waals surface area contributed by atoms with Gasteiger partial charge in [0.15, 0.2) is 0 Å². The van der Waals surface area contributed by atoms with E-state index in [1.54, 1.807) is 0 Å². The highest BCUT2D eigenvalue weighted by molar-refractivity contribution is 5.29. The van der Waals surface area contributed by atoms with Crippen molar-refractivity contribution in [1.82, 2.24) is 0 Å². The highest BCUT2D eigenvalue weighted by Crippen LogP contribution is 2.16. The summed E-state index contributed by atoms with van der Waals surface area (Å²) in [5.74, 6) is 0.595. The molecule has 1 aromatic heterocycles. The zero-order valence-electron chi connectivity index (χ0n) is 7.96. The standard InChI is InChI=1S/C10H14O3/c1-3-5-8-9(11)6-7(4-2)13-10(8)12/h6,11H,3-5H2,1-2H3. The van der Waals surface area contributed by atoms with Crippen molar-refractivity contribution < 1.29 is 9.52 Å². The Kier molecular flexibility index (Phi) is 3.12. The first-order valence-electron chi connectivity index (χ1n) is 4.53. The van der Waals surface area contributed by atoms with E-state index in [0.29, 0.717) is 24.2 Å². The second-order valence-corrected chi connectivity index (χ2v) is 2.97. The third-order valence-corrected chi connectivity index (χ3v) is 1.93. The average molecular weight is 182 g/mol. The summed E-state index contributed by atoms with van der Waals surface area (Å²) in [5.41, 5.74) is -0.0154. The Morgan fingerprint density at radius 3 is 2.62 bits per heavy atom. The second-order valence-electron chi connectivity index (χ2n) is 2.97. The summed E-state index contributed by atoms with van der Waals surface area (Å²) in [6.45, 7) is 3.82. The van der Waals surface area contributed by atoms with Crippen molar-refractivity contribution in [3.63, 3.8) is 0 Å². The van der Waals surface area contributed by atoms with Gasteiger partial charge in [0.05, 0.1) is 5.56 Å². The van der Waals surface area contributed by atoms with E-state index >= 15 is 0 Å². The predicted octanol–water partition coefficient (Wildman–Crippen LogP) is 1.86. The largest absolute Gasteiger partial charge is 0.507 e. The lowest BCUT2D eigenvalue weighted by Crippen LogP contribution is -2.08. The summed E-state index contributed by atoms with van der Waals surface area (Å²) >= 11 is 0. The zero-order chi connectivity index (χ0) is 9.84. The molecule has 0 radical (unpaired) electrons. The molecule has 1 rings (SSSR count). The number of rotatable bonds is 3. The van der Waals surface area contributed by atoms with Gasteiger partial charge < -0.3 is 9.52 Å². The summed E-state index contributed by atoms with van der Waals surface area (Å²) in [5, 5.41) is 9.47. The lowest BCUT2D eigenvalue weighted by Gasteiger charge is -2.02. The van der Waals surface area contributed by atoms with Crippen molar-refractivity contribution in [3.05, 3.63) is 27.8 Å². The summed E-state index contributed by atoms with van der Waals surface area (Å²) in [6, 6.07) is 1.52. The van der Waals surface area contributed by atoms with Gasteiger partial charge in [0, 0.05) is 12.5 Å². The van der Waals surface area contributed by atoms with Gasteiger partial charge in [-0.3, -0.25) is 0 Å². The molecule has 0 fully saturated rings. The van der Waals surface area contributed by atoms with Crippen LogP contribution in [0.2, 0.25) is 0 Å². The highest BCUT2D eigenvalue weighted by Gasteiger charge is 2.08. The van der Waals surface area contributed by atoms with E-state index in [0.717, 1.165) is 6.42 Å². The van der Waals surface area contributed by atoms with Gasteiger partial charge in [-0.05, 0) is 6.42 Å². The molecule has 3 heteroatoms. The van der Waals surface area contributed by atoms with E-state index in [2.05, 4.69) is 0 Å². The Hall–Kier alpha value is -1.25. The predicted molar refractivity (Wildman–Crippen MR) is 50.0 cm³/mol. The Morgan fingerprint density at radius 2 is 2.15 bits per heavy atom. The summed E-state index contributed by atoms with van der Waals surface area (Å²) in [7, 11) is 0. The minimum Gasteiger partial charge on any atom is -0.507 e. The topological polar surface area (TPSA) is 50.4 Å². The Balaban J connectivity index is 3.15. The maximum atomic E-state index is 11.3. The van der Waals surface area contributed by atoms with Crippen LogP contribution < -0.4 is 5.63 Å². The van der Waals surface area contributed by atoms with Crippen LogP contribution in [0.4, 0.5) is 0 Å². The maximum absolute atomic E-state index is 11.3. The minimum atomic E-state index is -0.404. The lowest BCUT2D eigenvalue weighted by atomic mass is 10.1. The fourth-order valence-corrected chi connectivity index (χ4v) is 1.21. The second kappa shape index (κ2) is 4.12. The van der Waals surface area contributed by atoms with Crippen molar-refractivity contribution in [2.24, 2.45) is 0 Å². The molecule has 0 aliphatic carbocycles. The van der Waals surface area contributed by atoms with E-state index < -0.39 is 5.63 Å². The van der Waals surface area contributed by atoms with Crippen molar-refractivity contribution in [1.29, 1.82) is 0 Å². The fourth-order valence-electron chi connectivity index (χ4n) is 1.21. The van der Waals surface area contributed by atoms with E-state index in [1.807, 2.05) is 13.8 Å². The molecule has 0 bridgehead atoms. The normalized spacial score (nSPS) is 10.3. The number of hydrogen-bond acceptors (Lipinski definition) is 3. The third-order valence-electron chi connectivity index (χ3n) is 1.93. The molecule has 1 aromatic rings. The monoisotopic (exact) mass is 182 g/mol. The SMILES string of the molecule is CCCc1c(O)cc(CC)oc1=O. The number of aryl methyl sites for hydroxylation is 1. The molecule has 1 N–H and O–H groups in total. The molecule has 0 aromatic carbocycles. The molecular formula is C10H14O3. The molecule has 0 aliphatic heterocycles. The maximum Gasteiger partial charge on any atom is 0.342 e. The van der Waals surface area contributed by atoms with Crippen LogP contribution in [0.15, 0.2) is 15.3 Å². The first-order chi connectivity index (χ1) is 6.19. The van der Waals surface area contributed by atoms with Crippen molar-refractivity contribution in [3.8, 4) is 5.75 Å². The fraction of sp³-hybridized carbons (Fsp3) is 0.500. The van der Waals surface area contributed by atoms with Crippen molar-refractivity contribution >= 4 is 0 Å². The van der Waals surface area contributed by atoms with E-state index in [4.69, 9.17) is 4.42 Å². The van der Waals surface area contributed by atoms with Gasteiger partial charge in [-0.1, -0.05) is 20.3 Å². The van der Waals surface area contributed by atoms with Gasteiger partial charge in [-0.2, -0.15) is 0 Å². The van der Waals surface area contributed by atoms with Crippen LogP contribution in [0.1, 0.15) is 31.6 Å². The zero-order valence-corrected chi connectivity index (χ0v) is 7.96. The van der Waals surface area contributed by atoms with Crippen LogP contribution in [0.5, 0.6) is 5.75 Å². The Bertz CT molecular complexity index is 339. The molecule has 0 spiro atoms. The molecule has 3 nitrogen and oxygen atoms in total. The van der Waals surface area contributed by atoms with E-state index in [9.17, 15) is 9.90 Å². The first kappa shape index (κ1) is 9.84. The molecule has 1 heterocycles. The van der Waals surface area contributed by atoms with Crippen molar-refractivity contribution in [2.75, 3.05) is 0 Å². The van der Waals surface area contributed by atoms with Gasteiger partial charge in [-0.25, -0.2) is 4.79 Å². The molecule has 0 amide bonds. The van der Waals surface area contributed by atoms with Crippen LogP contribution in [-0.2, 0) is 12.8 Å². The van der Waals surface area contributed by atoms with Gasteiger partial charge in [0.1, 0.15) is 11.5 Å². The molecule has 0 aliphatic rings. The van der Waals surface area contributed by atoms with Crippen LogP contribution in [0.3, 0.4) is 0 Å². The van der Waals surface area contributed by atoms with Crippen LogP contribution >= 0.6 is 0 Å². The quantitative estimate of drug-likeness (QED) is 0.776. The number of aromatic hydroxyl groups is 1. The minimum absolute atomic E-state index is 0.0648. The van der Waals surface area contributed by atoms with Gasteiger partial charge in [0.2, 0.25) is 0 Å². The molecule has 0 saturated heterocycles. The summed E-state index contributed by atoms with van der Waals surface area (Å²) < 4.78 is 4.98. The smallest absolute Gasteiger partial charge is 0.342 e. The first-order valence-corrected chi connectivity index (χ1v) is 4.53. The van der Waals surface area contributed by atoms with Gasteiger partial charge >= 0.3 is 5.63 Å². The Labute approximate surface area is 77.0 Å². The molecule has 13 heavy (non-hydrogen) atoms. The van der Waals surface area contributed by atoms with E-state index in [-0.39, 0.29) is 5.75 Å². The van der Waals surface area contributed by atoms with Crippen LogP contribution in [-0.4, -0.2) is 5.11 Å². The third kappa shape index (κ3) is 2.11.